The fourth-order valence-corrected chi connectivity index (χ4v) is 4.24. The molecule has 2 saturated carbocycles. The summed E-state index contributed by atoms with van der Waals surface area (Å²) in [5, 5.41) is 40.6. The molecule has 0 amide bonds. The molecule has 2 fully saturated rings. The number of carbonyl (C=O) groups excluding carboxylic acids is 1. The van der Waals surface area contributed by atoms with Crippen LogP contribution in [0, 0.1) is 11.3 Å². The van der Waals surface area contributed by atoms with E-state index in [0.29, 0.717) is 31.3 Å². The molecule has 0 radical (unpaired) electrons. The Bertz CT molecular complexity index is 485. The monoisotopic (exact) mass is 328 g/mol. The van der Waals surface area contributed by atoms with Gasteiger partial charge in [0, 0.05) is 12.3 Å². The first kappa shape index (κ1) is 18.4. The summed E-state index contributed by atoms with van der Waals surface area (Å²) in [6, 6.07) is 0. The standard InChI is InChI=1S/C17H28O6/c1-11-14(23-12(2)20)5-7-15(3)6-4-13(8-17(11,15)22)16(21,9-18)10-19/h13-14,18-19,21-22H,1,4-10H2,2-3H3/t13-,14+,15+,17-/m0/s1. The molecule has 0 aliphatic heterocycles. The van der Waals surface area contributed by atoms with Crippen molar-refractivity contribution in [2.45, 2.75) is 63.3 Å². The Morgan fingerprint density at radius 3 is 2.43 bits per heavy atom. The van der Waals surface area contributed by atoms with Crippen LogP contribution in [0.5, 0.6) is 0 Å². The first-order chi connectivity index (χ1) is 10.6. The number of ether oxygens (including phenoxy) is 1. The zero-order valence-corrected chi connectivity index (χ0v) is 13.9. The topological polar surface area (TPSA) is 107 Å². The Balaban J connectivity index is 2.29. The highest BCUT2D eigenvalue weighted by Gasteiger charge is 2.59. The normalized spacial score (nSPS) is 38.1. The molecule has 2 aliphatic rings. The molecule has 2 rings (SSSR count). The lowest BCUT2D eigenvalue weighted by Crippen LogP contribution is -2.61. The van der Waals surface area contributed by atoms with E-state index in [2.05, 4.69) is 6.58 Å². The van der Waals surface area contributed by atoms with E-state index in [-0.39, 0.29) is 6.42 Å². The van der Waals surface area contributed by atoms with Crippen LogP contribution in [-0.2, 0) is 9.53 Å². The van der Waals surface area contributed by atoms with E-state index >= 15 is 0 Å². The number of carbonyl (C=O) groups is 1. The summed E-state index contributed by atoms with van der Waals surface area (Å²) < 4.78 is 5.28. The van der Waals surface area contributed by atoms with Crippen LogP contribution in [0.1, 0.15) is 46.0 Å². The minimum absolute atomic E-state index is 0.178. The fourth-order valence-electron chi connectivity index (χ4n) is 4.24. The minimum atomic E-state index is -1.63. The van der Waals surface area contributed by atoms with Crippen molar-refractivity contribution >= 4 is 5.97 Å². The van der Waals surface area contributed by atoms with Crippen molar-refractivity contribution in [3.63, 3.8) is 0 Å². The van der Waals surface area contributed by atoms with Gasteiger partial charge in [0.25, 0.3) is 0 Å². The molecule has 0 aromatic heterocycles. The number of rotatable bonds is 4. The van der Waals surface area contributed by atoms with E-state index < -0.39 is 47.8 Å². The van der Waals surface area contributed by atoms with Crippen molar-refractivity contribution in [2.75, 3.05) is 13.2 Å². The van der Waals surface area contributed by atoms with Gasteiger partial charge in [0.05, 0.1) is 18.8 Å². The summed E-state index contributed by atoms with van der Waals surface area (Å²) in [5.41, 5.74) is -2.90. The van der Waals surface area contributed by atoms with Crippen molar-refractivity contribution in [3.8, 4) is 0 Å². The molecular weight excluding hydrogens is 300 g/mol. The fraction of sp³-hybridized carbons (Fsp3) is 0.824. The molecule has 0 unspecified atom stereocenters. The Kier molecular flexibility index (Phi) is 4.93. The van der Waals surface area contributed by atoms with Gasteiger partial charge in [-0.05, 0) is 43.6 Å². The van der Waals surface area contributed by atoms with Gasteiger partial charge in [-0.3, -0.25) is 4.79 Å². The van der Waals surface area contributed by atoms with Gasteiger partial charge in [-0.15, -0.1) is 0 Å². The van der Waals surface area contributed by atoms with Crippen molar-refractivity contribution in [1.29, 1.82) is 0 Å². The molecule has 23 heavy (non-hydrogen) atoms. The van der Waals surface area contributed by atoms with Gasteiger partial charge in [0.15, 0.2) is 0 Å². The third-order valence-corrected chi connectivity index (χ3v) is 6.08. The summed E-state index contributed by atoms with van der Waals surface area (Å²) in [7, 11) is 0. The second kappa shape index (κ2) is 6.16. The van der Waals surface area contributed by atoms with Crippen molar-refractivity contribution in [2.24, 2.45) is 11.3 Å². The number of aliphatic hydroxyl groups excluding tert-OH is 2. The van der Waals surface area contributed by atoms with E-state index in [9.17, 15) is 25.2 Å². The third-order valence-electron chi connectivity index (χ3n) is 6.08. The maximum absolute atomic E-state index is 11.4. The highest BCUT2D eigenvalue weighted by atomic mass is 16.5. The molecule has 2 aliphatic carbocycles. The van der Waals surface area contributed by atoms with Gasteiger partial charge in [-0.2, -0.15) is 0 Å². The third kappa shape index (κ3) is 2.93. The molecule has 0 saturated heterocycles. The average Bonchev–Trinajstić information content (AvgIpc) is 2.51. The molecular formula is C17H28O6. The smallest absolute Gasteiger partial charge is 0.303 e. The van der Waals surface area contributed by atoms with Crippen LogP contribution in [0.25, 0.3) is 0 Å². The molecule has 0 bridgehead atoms. The molecule has 0 aromatic rings. The Hall–Kier alpha value is -0.950. The van der Waals surface area contributed by atoms with Crippen LogP contribution in [0.2, 0.25) is 0 Å². The summed E-state index contributed by atoms with van der Waals surface area (Å²) >= 11 is 0. The first-order valence-corrected chi connectivity index (χ1v) is 8.15. The summed E-state index contributed by atoms with van der Waals surface area (Å²) in [6.45, 7) is 6.15. The van der Waals surface area contributed by atoms with Crippen LogP contribution in [-0.4, -0.2) is 56.9 Å². The van der Waals surface area contributed by atoms with E-state index in [1.165, 1.54) is 6.92 Å². The summed E-state index contributed by atoms with van der Waals surface area (Å²) in [6.07, 6.45) is 2.18. The Morgan fingerprint density at radius 2 is 1.91 bits per heavy atom. The number of fused-ring (bicyclic) bond motifs is 1. The van der Waals surface area contributed by atoms with Gasteiger partial charge in [-0.1, -0.05) is 13.5 Å². The number of esters is 1. The zero-order valence-electron chi connectivity index (χ0n) is 13.9. The van der Waals surface area contributed by atoms with Gasteiger partial charge >= 0.3 is 5.97 Å². The molecule has 0 aromatic carbocycles. The highest BCUT2D eigenvalue weighted by molar-refractivity contribution is 5.66. The highest BCUT2D eigenvalue weighted by Crippen LogP contribution is 2.57. The van der Waals surface area contributed by atoms with Crippen LogP contribution < -0.4 is 0 Å². The summed E-state index contributed by atoms with van der Waals surface area (Å²) in [4.78, 5) is 11.3. The largest absolute Gasteiger partial charge is 0.458 e. The maximum Gasteiger partial charge on any atom is 0.303 e. The van der Waals surface area contributed by atoms with Crippen molar-refractivity contribution in [1.82, 2.24) is 0 Å². The van der Waals surface area contributed by atoms with Gasteiger partial charge in [0.2, 0.25) is 0 Å². The summed E-state index contributed by atoms with van der Waals surface area (Å²) in [5.74, 6) is -0.874. The zero-order chi connectivity index (χ0) is 17.5. The molecule has 4 atom stereocenters. The second-order valence-corrected chi connectivity index (χ2v) is 7.44. The minimum Gasteiger partial charge on any atom is -0.458 e. The predicted molar refractivity (Wildman–Crippen MR) is 83.4 cm³/mol. The lowest BCUT2D eigenvalue weighted by atomic mass is 9.52. The van der Waals surface area contributed by atoms with Crippen LogP contribution >= 0.6 is 0 Å². The van der Waals surface area contributed by atoms with E-state index in [0.717, 1.165) is 0 Å². The lowest BCUT2D eigenvalue weighted by Gasteiger charge is -2.57. The van der Waals surface area contributed by atoms with Crippen LogP contribution in [0.15, 0.2) is 12.2 Å². The number of hydrogen-bond donors (Lipinski definition) is 4. The van der Waals surface area contributed by atoms with Gasteiger partial charge in [0.1, 0.15) is 11.7 Å². The van der Waals surface area contributed by atoms with E-state index in [1.54, 1.807) is 0 Å². The molecule has 132 valence electrons. The average molecular weight is 328 g/mol. The van der Waals surface area contributed by atoms with Gasteiger partial charge < -0.3 is 25.2 Å². The molecule has 0 heterocycles. The molecule has 0 spiro atoms. The molecule has 4 N–H and O–H groups in total. The number of aliphatic hydroxyl groups is 4. The number of hydrogen-bond acceptors (Lipinski definition) is 6. The van der Waals surface area contributed by atoms with Crippen LogP contribution in [0.4, 0.5) is 0 Å². The maximum atomic E-state index is 11.4. The predicted octanol–water partition coefficient (Wildman–Crippen LogP) is 0.521. The second-order valence-electron chi connectivity index (χ2n) is 7.44. The Morgan fingerprint density at radius 1 is 1.35 bits per heavy atom. The lowest BCUT2D eigenvalue weighted by molar-refractivity contribution is -0.182. The van der Waals surface area contributed by atoms with Crippen molar-refractivity contribution in [3.05, 3.63) is 12.2 Å². The van der Waals surface area contributed by atoms with Crippen LogP contribution in [0.3, 0.4) is 0 Å². The Labute approximate surface area is 136 Å². The van der Waals surface area contributed by atoms with Crippen molar-refractivity contribution < 1.29 is 30.0 Å². The molecule has 6 heteroatoms. The first-order valence-electron chi connectivity index (χ1n) is 8.15. The van der Waals surface area contributed by atoms with Gasteiger partial charge in [-0.25, -0.2) is 0 Å². The molecule has 6 nitrogen and oxygen atoms in total. The van der Waals surface area contributed by atoms with E-state index in [1.807, 2.05) is 6.92 Å². The SMILES string of the molecule is C=C1[C@H](OC(C)=O)CC[C@@]2(C)CC[C@H](C(O)(CO)CO)C[C@]12O. The van der Waals surface area contributed by atoms with E-state index in [4.69, 9.17) is 4.74 Å². The quantitative estimate of drug-likeness (QED) is 0.443.